The fourth-order valence-corrected chi connectivity index (χ4v) is 2.87. The van der Waals surface area contributed by atoms with Crippen molar-refractivity contribution < 1.29 is 4.79 Å². The summed E-state index contributed by atoms with van der Waals surface area (Å²) in [6.45, 7) is 0. The van der Waals surface area contributed by atoms with Gasteiger partial charge in [-0.25, -0.2) is 0 Å². The van der Waals surface area contributed by atoms with Gasteiger partial charge >= 0.3 is 0 Å². The number of nitrogens with two attached hydrogens (primary N) is 1. The Bertz CT molecular complexity index is 649. The van der Waals surface area contributed by atoms with Crippen LogP contribution in [0.3, 0.4) is 0 Å². The second-order valence-electron chi connectivity index (χ2n) is 4.13. The van der Waals surface area contributed by atoms with Crippen molar-refractivity contribution in [2.45, 2.75) is 6.04 Å². The molecule has 6 heteroatoms. The number of nitrogens with one attached hydrogen (secondary N) is 1. The molecule has 0 spiro atoms. The molecule has 0 aliphatic carbocycles. The minimum atomic E-state index is -0.707. The van der Waals surface area contributed by atoms with Gasteiger partial charge in [-0.3, -0.25) is 4.79 Å². The van der Waals surface area contributed by atoms with Crippen LogP contribution >= 0.6 is 39.1 Å². The number of primary amides is 1. The number of rotatable bonds is 4. The zero-order chi connectivity index (χ0) is 14.7. The van der Waals surface area contributed by atoms with Gasteiger partial charge in [0, 0.05) is 9.50 Å². The van der Waals surface area contributed by atoms with Crippen LogP contribution < -0.4 is 11.1 Å². The van der Waals surface area contributed by atoms with E-state index < -0.39 is 11.9 Å². The fraction of sp³-hybridized carbons (Fsp3) is 0.0714. The number of hydrogen-bond donors (Lipinski definition) is 2. The molecule has 3 nitrogen and oxygen atoms in total. The number of amides is 1. The van der Waals surface area contributed by atoms with E-state index in [-0.39, 0.29) is 0 Å². The van der Waals surface area contributed by atoms with Crippen molar-refractivity contribution in [2.24, 2.45) is 5.73 Å². The zero-order valence-electron chi connectivity index (χ0n) is 10.2. The van der Waals surface area contributed by atoms with Crippen LogP contribution in [0.15, 0.2) is 46.9 Å². The molecule has 0 saturated heterocycles. The first-order valence-corrected chi connectivity index (χ1v) is 7.29. The van der Waals surface area contributed by atoms with E-state index in [1.54, 1.807) is 30.3 Å². The number of benzene rings is 2. The van der Waals surface area contributed by atoms with Crippen LogP contribution in [0.5, 0.6) is 0 Å². The summed E-state index contributed by atoms with van der Waals surface area (Å²) < 4.78 is 0.702. The van der Waals surface area contributed by atoms with Crippen LogP contribution in [0.2, 0.25) is 10.0 Å². The predicted molar refractivity (Wildman–Crippen MR) is 86.2 cm³/mol. The van der Waals surface area contributed by atoms with E-state index >= 15 is 0 Å². The van der Waals surface area contributed by atoms with Crippen LogP contribution in [-0.2, 0) is 4.79 Å². The van der Waals surface area contributed by atoms with Crippen molar-refractivity contribution in [3.8, 4) is 0 Å². The summed E-state index contributed by atoms with van der Waals surface area (Å²) in [6.07, 6.45) is 0. The third kappa shape index (κ3) is 3.45. The molecule has 2 rings (SSSR count). The normalized spacial score (nSPS) is 11.9. The van der Waals surface area contributed by atoms with Crippen LogP contribution in [0.4, 0.5) is 5.69 Å². The lowest BCUT2D eigenvalue weighted by Crippen LogP contribution is -2.28. The lowest BCUT2D eigenvalue weighted by atomic mass is 10.1. The van der Waals surface area contributed by atoms with Crippen molar-refractivity contribution >= 4 is 50.7 Å². The van der Waals surface area contributed by atoms with E-state index in [1.165, 1.54) is 0 Å². The molecular weight excluding hydrogens is 363 g/mol. The molecule has 20 heavy (non-hydrogen) atoms. The van der Waals surface area contributed by atoms with E-state index in [4.69, 9.17) is 28.9 Å². The summed E-state index contributed by atoms with van der Waals surface area (Å²) in [4.78, 5) is 11.7. The van der Waals surface area contributed by atoms with Crippen molar-refractivity contribution in [3.05, 3.63) is 62.5 Å². The first-order valence-electron chi connectivity index (χ1n) is 5.74. The Morgan fingerprint density at radius 2 is 1.90 bits per heavy atom. The van der Waals surface area contributed by atoms with Gasteiger partial charge in [0.25, 0.3) is 0 Å². The number of halogens is 3. The maximum atomic E-state index is 11.7. The Labute approximate surface area is 135 Å². The lowest BCUT2D eigenvalue weighted by molar-refractivity contribution is -0.118. The van der Waals surface area contributed by atoms with Crippen LogP contribution in [-0.4, -0.2) is 5.91 Å². The van der Waals surface area contributed by atoms with Gasteiger partial charge < -0.3 is 11.1 Å². The van der Waals surface area contributed by atoms with Gasteiger partial charge in [0.2, 0.25) is 5.91 Å². The summed E-state index contributed by atoms with van der Waals surface area (Å²) in [5.41, 5.74) is 6.81. The molecule has 0 fully saturated rings. The Morgan fingerprint density at radius 1 is 1.20 bits per heavy atom. The van der Waals surface area contributed by atoms with Gasteiger partial charge in [0.1, 0.15) is 6.04 Å². The van der Waals surface area contributed by atoms with Crippen molar-refractivity contribution in [1.82, 2.24) is 0 Å². The van der Waals surface area contributed by atoms with Gasteiger partial charge in [-0.15, -0.1) is 0 Å². The average Bonchev–Trinajstić information content (AvgIpc) is 2.38. The van der Waals surface area contributed by atoms with E-state index in [0.717, 1.165) is 0 Å². The van der Waals surface area contributed by atoms with E-state index in [2.05, 4.69) is 21.2 Å². The minimum absolute atomic E-state index is 0.507. The van der Waals surface area contributed by atoms with Gasteiger partial charge in [-0.2, -0.15) is 0 Å². The summed E-state index contributed by atoms with van der Waals surface area (Å²) >= 11 is 15.4. The first-order chi connectivity index (χ1) is 9.49. The smallest absolute Gasteiger partial charge is 0.244 e. The third-order valence-electron chi connectivity index (χ3n) is 2.73. The van der Waals surface area contributed by atoms with E-state index in [9.17, 15) is 4.79 Å². The second-order valence-corrected chi connectivity index (χ2v) is 5.82. The van der Waals surface area contributed by atoms with Crippen LogP contribution in [0.1, 0.15) is 11.6 Å². The summed E-state index contributed by atoms with van der Waals surface area (Å²) in [7, 11) is 0. The predicted octanol–water partition coefficient (Wildman–Crippen LogP) is 4.39. The number of anilines is 1. The maximum absolute atomic E-state index is 11.7. The van der Waals surface area contributed by atoms with Gasteiger partial charge in [-0.1, -0.05) is 57.3 Å². The fourth-order valence-electron chi connectivity index (χ4n) is 1.77. The molecule has 3 N–H and O–H groups in total. The summed E-state index contributed by atoms with van der Waals surface area (Å²) in [6, 6.07) is 11.6. The molecule has 104 valence electrons. The molecule has 1 unspecified atom stereocenters. The molecular formula is C14H11BrCl2N2O. The Hall–Kier alpha value is -1.23. The third-order valence-corrected chi connectivity index (χ3v) is 3.98. The topological polar surface area (TPSA) is 55.1 Å². The van der Waals surface area contributed by atoms with E-state index in [1.807, 2.05) is 12.1 Å². The molecule has 0 heterocycles. The largest absolute Gasteiger partial charge is 0.369 e. The highest BCUT2D eigenvalue weighted by atomic mass is 79.9. The quantitative estimate of drug-likeness (QED) is 0.834. The molecule has 0 aromatic heterocycles. The SMILES string of the molecule is NC(=O)C(Nc1ccccc1Cl)c1ccc(Cl)cc1Br. The average molecular weight is 374 g/mol. The number of hydrogen-bond acceptors (Lipinski definition) is 2. The Kier molecular flexibility index (Phi) is 4.91. The summed E-state index contributed by atoms with van der Waals surface area (Å²) in [5.74, 6) is -0.507. The molecule has 0 bridgehead atoms. The van der Waals surface area contributed by atoms with E-state index in [0.29, 0.717) is 25.8 Å². The number of carbonyl (C=O) groups is 1. The molecule has 1 atom stereocenters. The minimum Gasteiger partial charge on any atom is -0.369 e. The highest BCUT2D eigenvalue weighted by Gasteiger charge is 2.21. The second kappa shape index (κ2) is 6.48. The maximum Gasteiger partial charge on any atom is 0.244 e. The molecule has 0 aliphatic rings. The lowest BCUT2D eigenvalue weighted by Gasteiger charge is -2.19. The van der Waals surface area contributed by atoms with Crippen LogP contribution in [0.25, 0.3) is 0 Å². The number of carbonyl (C=O) groups excluding carboxylic acids is 1. The monoisotopic (exact) mass is 372 g/mol. The Balaban J connectivity index is 2.37. The standard InChI is InChI=1S/C14H11BrCl2N2O/c15-10-7-8(16)5-6-9(10)13(14(18)20)19-12-4-2-1-3-11(12)17/h1-7,13,19H,(H2,18,20). The van der Waals surface area contributed by atoms with Gasteiger partial charge in [0.05, 0.1) is 10.7 Å². The summed E-state index contributed by atoms with van der Waals surface area (Å²) in [5, 5.41) is 4.13. The van der Waals surface area contributed by atoms with Gasteiger partial charge in [-0.05, 0) is 29.8 Å². The molecule has 1 amide bonds. The molecule has 0 saturated carbocycles. The highest BCUT2D eigenvalue weighted by molar-refractivity contribution is 9.10. The van der Waals surface area contributed by atoms with Crippen LogP contribution in [0, 0.1) is 0 Å². The Morgan fingerprint density at radius 3 is 2.50 bits per heavy atom. The highest BCUT2D eigenvalue weighted by Crippen LogP contribution is 2.31. The molecule has 0 radical (unpaired) electrons. The van der Waals surface area contributed by atoms with Crippen molar-refractivity contribution in [2.75, 3.05) is 5.32 Å². The first kappa shape index (κ1) is 15.2. The van der Waals surface area contributed by atoms with Crippen molar-refractivity contribution in [3.63, 3.8) is 0 Å². The molecule has 2 aromatic rings. The number of para-hydroxylation sites is 1. The molecule has 0 aliphatic heterocycles. The van der Waals surface area contributed by atoms with Crippen molar-refractivity contribution in [1.29, 1.82) is 0 Å². The molecule has 2 aromatic carbocycles. The van der Waals surface area contributed by atoms with Gasteiger partial charge in [0.15, 0.2) is 0 Å². The zero-order valence-corrected chi connectivity index (χ0v) is 13.3.